The number of benzene rings is 1. The zero-order valence-corrected chi connectivity index (χ0v) is 14.2. The topological polar surface area (TPSA) is 49.8 Å². The van der Waals surface area contributed by atoms with Crippen LogP contribution in [0.1, 0.15) is 12.0 Å². The fraction of sp³-hybridized carbons (Fsp3) is 0.263. The first-order valence-corrected chi connectivity index (χ1v) is 9.12. The standard InChI is InChI=1S/C19H20N4S/c1-2-4-16(5-3-1)17-13-22-19(24-17)23-18-7-6-14(12-21-18)10-15-8-9-20-11-15/h1-7,12-13,15,20H,8-11H2,(H,21,22,23)/t15-/m0/s1. The molecule has 0 saturated carbocycles. The minimum atomic E-state index is 0.748. The molecule has 1 atom stereocenters. The highest BCUT2D eigenvalue weighted by atomic mass is 32.1. The summed E-state index contributed by atoms with van der Waals surface area (Å²) in [4.78, 5) is 10.1. The number of nitrogens with one attached hydrogen (secondary N) is 2. The number of anilines is 2. The van der Waals surface area contributed by atoms with Gasteiger partial charge in [0.25, 0.3) is 0 Å². The van der Waals surface area contributed by atoms with Crippen LogP contribution in [0.25, 0.3) is 10.4 Å². The molecule has 2 aromatic heterocycles. The van der Waals surface area contributed by atoms with Crippen LogP contribution in [0.3, 0.4) is 0 Å². The zero-order chi connectivity index (χ0) is 16.2. The Morgan fingerprint density at radius 1 is 1.08 bits per heavy atom. The number of aromatic nitrogens is 2. The average Bonchev–Trinajstić information content (AvgIpc) is 3.29. The Balaban J connectivity index is 1.41. The first kappa shape index (κ1) is 15.3. The molecule has 2 N–H and O–H groups in total. The van der Waals surface area contributed by atoms with Crippen LogP contribution in [0.2, 0.25) is 0 Å². The van der Waals surface area contributed by atoms with Crippen LogP contribution in [0.15, 0.2) is 54.9 Å². The van der Waals surface area contributed by atoms with Crippen molar-refractivity contribution in [2.45, 2.75) is 12.8 Å². The fourth-order valence-corrected chi connectivity index (χ4v) is 3.85. The van der Waals surface area contributed by atoms with E-state index in [1.807, 2.05) is 36.7 Å². The van der Waals surface area contributed by atoms with Gasteiger partial charge in [-0.05, 0) is 49.0 Å². The van der Waals surface area contributed by atoms with Gasteiger partial charge >= 0.3 is 0 Å². The second-order valence-electron chi connectivity index (χ2n) is 6.14. The molecule has 0 spiro atoms. The molecule has 24 heavy (non-hydrogen) atoms. The van der Waals surface area contributed by atoms with Crippen molar-refractivity contribution in [3.63, 3.8) is 0 Å². The van der Waals surface area contributed by atoms with Crippen molar-refractivity contribution in [3.8, 4) is 10.4 Å². The highest BCUT2D eigenvalue weighted by molar-refractivity contribution is 7.18. The third-order valence-corrected chi connectivity index (χ3v) is 5.27. The van der Waals surface area contributed by atoms with E-state index in [9.17, 15) is 0 Å². The van der Waals surface area contributed by atoms with E-state index in [0.717, 1.165) is 41.3 Å². The van der Waals surface area contributed by atoms with Gasteiger partial charge in [-0.15, -0.1) is 0 Å². The molecular formula is C19H20N4S. The molecule has 4 rings (SSSR count). The van der Waals surface area contributed by atoms with Crippen LogP contribution >= 0.6 is 11.3 Å². The van der Waals surface area contributed by atoms with E-state index in [4.69, 9.17) is 0 Å². The van der Waals surface area contributed by atoms with E-state index < -0.39 is 0 Å². The number of hydrogen-bond donors (Lipinski definition) is 2. The molecule has 1 saturated heterocycles. The molecular weight excluding hydrogens is 316 g/mol. The Bertz CT molecular complexity index is 777. The van der Waals surface area contributed by atoms with Gasteiger partial charge in [0.1, 0.15) is 5.82 Å². The quantitative estimate of drug-likeness (QED) is 0.736. The number of pyridine rings is 1. The molecule has 1 aliphatic heterocycles. The van der Waals surface area contributed by atoms with Crippen LogP contribution in [0, 0.1) is 5.92 Å². The first-order valence-electron chi connectivity index (χ1n) is 8.31. The minimum absolute atomic E-state index is 0.748. The Hall–Kier alpha value is -2.24. The summed E-state index contributed by atoms with van der Waals surface area (Å²) in [5.41, 5.74) is 2.50. The van der Waals surface area contributed by atoms with Gasteiger partial charge in [-0.1, -0.05) is 47.7 Å². The van der Waals surface area contributed by atoms with Crippen LogP contribution in [0.5, 0.6) is 0 Å². The van der Waals surface area contributed by atoms with Gasteiger partial charge in [0.2, 0.25) is 0 Å². The molecule has 1 fully saturated rings. The van der Waals surface area contributed by atoms with Crippen molar-refractivity contribution in [1.29, 1.82) is 0 Å². The number of hydrogen-bond acceptors (Lipinski definition) is 5. The molecule has 0 unspecified atom stereocenters. The van der Waals surface area contributed by atoms with E-state index >= 15 is 0 Å². The van der Waals surface area contributed by atoms with Gasteiger partial charge in [0.05, 0.1) is 4.88 Å². The minimum Gasteiger partial charge on any atom is -0.316 e. The molecule has 0 aliphatic carbocycles. The lowest BCUT2D eigenvalue weighted by Gasteiger charge is -2.08. The second-order valence-corrected chi connectivity index (χ2v) is 7.17. The van der Waals surface area contributed by atoms with E-state index in [1.165, 1.54) is 17.5 Å². The van der Waals surface area contributed by atoms with E-state index in [1.54, 1.807) is 11.3 Å². The third kappa shape index (κ3) is 3.63. The van der Waals surface area contributed by atoms with Crippen molar-refractivity contribution >= 4 is 22.3 Å². The van der Waals surface area contributed by atoms with Crippen LogP contribution in [-0.2, 0) is 6.42 Å². The Labute approximate surface area is 146 Å². The SMILES string of the molecule is c1ccc(-c2cnc(Nc3ccc(C[C@@H]4CCNC4)cn3)s2)cc1. The molecule has 3 heterocycles. The predicted octanol–water partition coefficient (Wildman–Crippen LogP) is 4.10. The van der Waals surface area contributed by atoms with Crippen molar-refractivity contribution in [3.05, 3.63) is 60.4 Å². The van der Waals surface area contributed by atoms with Crippen molar-refractivity contribution in [2.24, 2.45) is 5.92 Å². The molecule has 122 valence electrons. The summed E-state index contributed by atoms with van der Waals surface area (Å²) in [5, 5.41) is 7.58. The monoisotopic (exact) mass is 336 g/mol. The van der Waals surface area contributed by atoms with Gasteiger partial charge in [-0.2, -0.15) is 0 Å². The summed E-state index contributed by atoms with van der Waals surface area (Å²) in [7, 11) is 0. The van der Waals surface area contributed by atoms with E-state index in [0.29, 0.717) is 0 Å². The Kier molecular flexibility index (Phi) is 4.53. The lowest BCUT2D eigenvalue weighted by molar-refractivity contribution is 0.579. The number of rotatable bonds is 5. The summed E-state index contributed by atoms with van der Waals surface area (Å²) >= 11 is 1.64. The maximum absolute atomic E-state index is 4.53. The van der Waals surface area contributed by atoms with E-state index in [2.05, 4.69) is 38.8 Å². The van der Waals surface area contributed by atoms with Crippen molar-refractivity contribution in [2.75, 3.05) is 18.4 Å². The maximum atomic E-state index is 4.53. The number of nitrogens with zero attached hydrogens (tertiary/aromatic N) is 2. The van der Waals surface area contributed by atoms with Gasteiger partial charge in [-0.25, -0.2) is 9.97 Å². The van der Waals surface area contributed by atoms with E-state index in [-0.39, 0.29) is 0 Å². The maximum Gasteiger partial charge on any atom is 0.188 e. The lowest BCUT2D eigenvalue weighted by atomic mass is 10.00. The van der Waals surface area contributed by atoms with Gasteiger partial charge in [0.15, 0.2) is 5.13 Å². The fourth-order valence-electron chi connectivity index (χ4n) is 3.02. The molecule has 1 aromatic carbocycles. The molecule has 4 nitrogen and oxygen atoms in total. The highest BCUT2D eigenvalue weighted by Crippen LogP contribution is 2.30. The van der Waals surface area contributed by atoms with Crippen molar-refractivity contribution < 1.29 is 0 Å². The predicted molar refractivity (Wildman–Crippen MR) is 99.8 cm³/mol. The van der Waals surface area contributed by atoms with Gasteiger partial charge < -0.3 is 10.6 Å². The summed E-state index contributed by atoms with van der Waals surface area (Å²) < 4.78 is 0. The lowest BCUT2D eigenvalue weighted by Crippen LogP contribution is -2.10. The molecule has 1 aliphatic rings. The van der Waals surface area contributed by atoms with Crippen LogP contribution in [-0.4, -0.2) is 23.1 Å². The smallest absolute Gasteiger partial charge is 0.188 e. The largest absolute Gasteiger partial charge is 0.316 e. The molecule has 0 bridgehead atoms. The Morgan fingerprint density at radius 3 is 2.75 bits per heavy atom. The summed E-state index contributed by atoms with van der Waals surface area (Å²) in [6.07, 6.45) is 6.26. The molecule has 0 radical (unpaired) electrons. The molecule has 5 heteroatoms. The summed E-state index contributed by atoms with van der Waals surface area (Å²) in [5.74, 6) is 1.59. The third-order valence-electron chi connectivity index (χ3n) is 4.31. The normalized spacial score (nSPS) is 17.1. The van der Waals surface area contributed by atoms with Crippen molar-refractivity contribution in [1.82, 2.24) is 15.3 Å². The Morgan fingerprint density at radius 2 is 2.00 bits per heavy atom. The first-order chi connectivity index (χ1) is 11.9. The average molecular weight is 336 g/mol. The highest BCUT2D eigenvalue weighted by Gasteiger charge is 2.14. The summed E-state index contributed by atoms with van der Waals surface area (Å²) in [6, 6.07) is 14.5. The zero-order valence-electron chi connectivity index (χ0n) is 13.4. The summed E-state index contributed by atoms with van der Waals surface area (Å²) in [6.45, 7) is 2.27. The van der Waals surface area contributed by atoms with Gasteiger partial charge in [0, 0.05) is 12.4 Å². The molecule has 3 aromatic rings. The van der Waals surface area contributed by atoms with Gasteiger partial charge in [-0.3, -0.25) is 0 Å². The number of thiazole rings is 1. The van der Waals surface area contributed by atoms with Crippen LogP contribution < -0.4 is 10.6 Å². The van der Waals surface area contributed by atoms with Crippen LogP contribution in [0.4, 0.5) is 10.9 Å². The molecule has 0 amide bonds. The second kappa shape index (κ2) is 7.11.